The average Bonchev–Trinajstić information content (AvgIpc) is 2.54. The molecule has 0 radical (unpaired) electrons. The summed E-state index contributed by atoms with van der Waals surface area (Å²) in [5.41, 5.74) is -0.461. The number of carbonyl (C=O) groups excluding carboxylic acids is 1. The summed E-state index contributed by atoms with van der Waals surface area (Å²) in [4.78, 5) is 14.7. The van der Waals surface area contributed by atoms with Crippen LogP contribution in [0.15, 0.2) is 0 Å². The van der Waals surface area contributed by atoms with E-state index >= 15 is 0 Å². The number of rotatable bonds is 4. The van der Waals surface area contributed by atoms with E-state index in [0.717, 1.165) is 19.4 Å². The first-order valence-corrected chi connectivity index (χ1v) is 8.09. The number of methoxy groups -OCH3 is 1. The molecule has 5 nitrogen and oxygen atoms in total. The fraction of sp³-hybridized carbons (Fsp3) is 0.938. The van der Waals surface area contributed by atoms with Crippen molar-refractivity contribution in [1.29, 1.82) is 0 Å². The molecule has 0 bridgehead atoms. The Balaban J connectivity index is 1.97. The first-order valence-electron chi connectivity index (χ1n) is 8.09. The van der Waals surface area contributed by atoms with Crippen molar-refractivity contribution in [3.05, 3.63) is 0 Å². The average molecular weight is 299 g/mol. The summed E-state index contributed by atoms with van der Waals surface area (Å²) in [6.45, 7) is 6.35. The lowest BCUT2D eigenvalue weighted by molar-refractivity contribution is -0.154. The lowest BCUT2D eigenvalue weighted by Gasteiger charge is -2.42. The van der Waals surface area contributed by atoms with Gasteiger partial charge in [-0.05, 0) is 31.6 Å². The monoisotopic (exact) mass is 299 g/mol. The maximum Gasteiger partial charge on any atom is 0.228 e. The van der Waals surface area contributed by atoms with Gasteiger partial charge in [-0.25, -0.2) is 0 Å². The molecule has 1 amide bonds. The lowest BCUT2D eigenvalue weighted by atomic mass is 9.85. The Kier molecular flexibility index (Phi) is 5.63. The van der Waals surface area contributed by atoms with Gasteiger partial charge in [-0.2, -0.15) is 0 Å². The smallest absolute Gasteiger partial charge is 0.228 e. The molecule has 0 saturated carbocycles. The highest BCUT2D eigenvalue weighted by Crippen LogP contribution is 2.31. The van der Waals surface area contributed by atoms with Crippen LogP contribution in [0.5, 0.6) is 0 Å². The van der Waals surface area contributed by atoms with Gasteiger partial charge in [-0.15, -0.1) is 0 Å². The number of piperidine rings is 1. The molecule has 1 N–H and O–H groups in total. The maximum atomic E-state index is 12.8. The third-order valence-electron chi connectivity index (χ3n) is 5.05. The summed E-state index contributed by atoms with van der Waals surface area (Å²) in [5.74, 6) is 0.568. The molecule has 0 aliphatic carbocycles. The predicted octanol–water partition coefficient (Wildman–Crippen LogP) is 1.44. The van der Waals surface area contributed by atoms with E-state index in [1.165, 1.54) is 0 Å². The molecule has 21 heavy (non-hydrogen) atoms. The number of ether oxygens (including phenoxy) is 2. The van der Waals surface area contributed by atoms with Gasteiger partial charge in [0, 0.05) is 26.8 Å². The summed E-state index contributed by atoms with van der Waals surface area (Å²) in [5, 5.41) is 9.48. The fourth-order valence-corrected chi connectivity index (χ4v) is 3.52. The first-order chi connectivity index (χ1) is 10.0. The maximum absolute atomic E-state index is 12.8. The van der Waals surface area contributed by atoms with Crippen molar-refractivity contribution in [2.75, 3.05) is 33.4 Å². The molecule has 0 aromatic carbocycles. The number of likely N-dealkylation sites (tertiary alicyclic amines) is 1. The molecular formula is C16H29NO4. The molecule has 2 aliphatic rings. The van der Waals surface area contributed by atoms with Crippen LogP contribution in [0, 0.1) is 11.8 Å². The van der Waals surface area contributed by atoms with Crippen LogP contribution in [0.2, 0.25) is 0 Å². The summed E-state index contributed by atoms with van der Waals surface area (Å²) in [6.07, 6.45) is 3.33. The van der Waals surface area contributed by atoms with Crippen molar-refractivity contribution in [3.8, 4) is 0 Å². The minimum absolute atomic E-state index is 0.0112. The van der Waals surface area contributed by atoms with Gasteiger partial charge in [-0.1, -0.05) is 13.8 Å². The van der Waals surface area contributed by atoms with Crippen LogP contribution in [0.25, 0.3) is 0 Å². The van der Waals surface area contributed by atoms with E-state index in [1.54, 1.807) is 7.11 Å². The number of aliphatic hydroxyl groups excluding tert-OH is 1. The van der Waals surface area contributed by atoms with E-state index in [1.807, 2.05) is 4.90 Å². The van der Waals surface area contributed by atoms with Gasteiger partial charge in [0.05, 0.1) is 24.2 Å². The zero-order valence-corrected chi connectivity index (χ0v) is 13.5. The van der Waals surface area contributed by atoms with E-state index in [0.29, 0.717) is 31.8 Å². The number of aliphatic hydroxyl groups is 1. The zero-order valence-electron chi connectivity index (χ0n) is 13.5. The van der Waals surface area contributed by atoms with Gasteiger partial charge in [0.2, 0.25) is 5.91 Å². The number of nitrogens with zero attached hydrogens (tertiary/aromatic N) is 1. The van der Waals surface area contributed by atoms with E-state index in [-0.39, 0.29) is 24.5 Å². The van der Waals surface area contributed by atoms with Crippen molar-refractivity contribution in [3.63, 3.8) is 0 Å². The SMILES string of the molecule is COC1(CO)CCN(C(=O)[C@H]2CCCO[C@@H]2C(C)C)CC1. The number of hydrogen-bond acceptors (Lipinski definition) is 4. The van der Waals surface area contributed by atoms with Gasteiger partial charge in [-0.3, -0.25) is 4.79 Å². The molecule has 0 unspecified atom stereocenters. The molecule has 2 fully saturated rings. The van der Waals surface area contributed by atoms with Gasteiger partial charge in [0.25, 0.3) is 0 Å². The van der Waals surface area contributed by atoms with Crippen LogP contribution in [0.4, 0.5) is 0 Å². The van der Waals surface area contributed by atoms with Crippen LogP contribution < -0.4 is 0 Å². The van der Waals surface area contributed by atoms with Crippen molar-refractivity contribution in [1.82, 2.24) is 4.90 Å². The molecule has 0 aromatic heterocycles. The Hall–Kier alpha value is -0.650. The molecule has 2 aliphatic heterocycles. The standard InChI is InChI=1S/C16H29NO4/c1-12(2)14-13(5-4-10-21-14)15(19)17-8-6-16(11-18,20-3)7-9-17/h12-14,18H,4-11H2,1-3H3/t13-,14+/m0/s1. The Morgan fingerprint density at radius 3 is 2.62 bits per heavy atom. The number of amides is 1. The van der Waals surface area contributed by atoms with E-state index < -0.39 is 5.60 Å². The predicted molar refractivity (Wildman–Crippen MR) is 79.9 cm³/mol. The third-order valence-corrected chi connectivity index (χ3v) is 5.05. The lowest BCUT2D eigenvalue weighted by Crippen LogP contribution is -2.53. The quantitative estimate of drug-likeness (QED) is 0.853. The van der Waals surface area contributed by atoms with Gasteiger partial charge < -0.3 is 19.5 Å². The molecule has 0 spiro atoms. The zero-order chi connectivity index (χ0) is 15.5. The summed E-state index contributed by atoms with van der Waals surface area (Å²) >= 11 is 0. The van der Waals surface area contributed by atoms with Crippen LogP contribution in [0.1, 0.15) is 39.5 Å². The highest BCUT2D eigenvalue weighted by Gasteiger charge is 2.40. The topological polar surface area (TPSA) is 59.0 Å². The number of carbonyl (C=O) groups is 1. The second-order valence-corrected chi connectivity index (χ2v) is 6.70. The largest absolute Gasteiger partial charge is 0.393 e. The first kappa shape index (κ1) is 16.7. The van der Waals surface area contributed by atoms with E-state index in [4.69, 9.17) is 9.47 Å². The molecule has 2 saturated heterocycles. The normalized spacial score (nSPS) is 29.7. The van der Waals surface area contributed by atoms with E-state index in [2.05, 4.69) is 13.8 Å². The van der Waals surface area contributed by atoms with Crippen LogP contribution in [-0.4, -0.2) is 61.0 Å². The molecule has 2 heterocycles. The highest BCUT2D eigenvalue weighted by atomic mass is 16.5. The van der Waals surface area contributed by atoms with E-state index in [9.17, 15) is 9.90 Å². The van der Waals surface area contributed by atoms with Gasteiger partial charge in [0.15, 0.2) is 0 Å². The number of hydrogen-bond donors (Lipinski definition) is 1. The van der Waals surface area contributed by atoms with Crippen molar-refractivity contribution >= 4 is 5.91 Å². The van der Waals surface area contributed by atoms with Crippen molar-refractivity contribution in [2.45, 2.75) is 51.2 Å². The second kappa shape index (κ2) is 7.07. The van der Waals surface area contributed by atoms with Gasteiger partial charge >= 0.3 is 0 Å². The summed E-state index contributed by atoms with van der Waals surface area (Å²) < 4.78 is 11.3. The summed E-state index contributed by atoms with van der Waals surface area (Å²) in [6, 6.07) is 0. The molecule has 2 rings (SSSR count). The molecule has 122 valence electrons. The van der Waals surface area contributed by atoms with Gasteiger partial charge in [0.1, 0.15) is 0 Å². The molecule has 5 heteroatoms. The Bertz CT molecular complexity index is 344. The summed E-state index contributed by atoms with van der Waals surface area (Å²) in [7, 11) is 1.64. The minimum atomic E-state index is -0.461. The Morgan fingerprint density at radius 1 is 1.43 bits per heavy atom. The van der Waals surface area contributed by atoms with Crippen LogP contribution in [-0.2, 0) is 14.3 Å². The second-order valence-electron chi connectivity index (χ2n) is 6.70. The fourth-order valence-electron chi connectivity index (χ4n) is 3.52. The Labute approximate surface area is 127 Å². The van der Waals surface area contributed by atoms with Crippen LogP contribution in [0.3, 0.4) is 0 Å². The minimum Gasteiger partial charge on any atom is -0.393 e. The molecular weight excluding hydrogens is 270 g/mol. The molecule has 2 atom stereocenters. The Morgan fingerprint density at radius 2 is 2.10 bits per heavy atom. The van der Waals surface area contributed by atoms with Crippen LogP contribution >= 0.6 is 0 Å². The molecule has 0 aromatic rings. The third kappa shape index (κ3) is 3.58. The van der Waals surface area contributed by atoms with Crippen molar-refractivity contribution < 1.29 is 19.4 Å². The van der Waals surface area contributed by atoms with Crippen molar-refractivity contribution in [2.24, 2.45) is 11.8 Å². The highest BCUT2D eigenvalue weighted by molar-refractivity contribution is 5.79.